The van der Waals surface area contributed by atoms with Gasteiger partial charge in [-0.2, -0.15) is 0 Å². The van der Waals surface area contributed by atoms with E-state index in [0.29, 0.717) is 11.8 Å². The zero-order chi connectivity index (χ0) is 12.7. The Morgan fingerprint density at radius 2 is 1.68 bits per heavy atom. The molecule has 1 fully saturated rings. The van der Waals surface area contributed by atoms with Crippen LogP contribution in [0.1, 0.15) is 17.5 Å². The summed E-state index contributed by atoms with van der Waals surface area (Å²) in [6.07, 6.45) is 13.5. The highest BCUT2D eigenvalue weighted by Crippen LogP contribution is 2.53. The maximum Gasteiger partial charge on any atom is 0.0346 e. The minimum atomic E-state index is 0.699. The third-order valence-electron chi connectivity index (χ3n) is 3.93. The fourth-order valence-electron chi connectivity index (χ4n) is 2.85. The van der Waals surface area contributed by atoms with Gasteiger partial charge in [0.05, 0.1) is 0 Å². The summed E-state index contributed by atoms with van der Waals surface area (Å²) in [5, 5.41) is 0. The molecule has 0 radical (unpaired) electrons. The first-order chi connectivity index (χ1) is 9.42. The van der Waals surface area contributed by atoms with E-state index in [0.717, 1.165) is 0 Å². The standard InChI is InChI=1S/C17H14N2/c1-3-12(10-18-5-1)14-7-15-9-17(15)16(8-14)13-4-2-6-19-11-13/h1-8,10-11,15,17H,9H2. The van der Waals surface area contributed by atoms with E-state index in [2.05, 4.69) is 34.3 Å². The molecule has 2 atom stereocenters. The summed E-state index contributed by atoms with van der Waals surface area (Å²) in [5.41, 5.74) is 5.18. The van der Waals surface area contributed by atoms with Crippen molar-refractivity contribution >= 4 is 11.1 Å². The minimum absolute atomic E-state index is 0.699. The van der Waals surface area contributed by atoms with Crippen molar-refractivity contribution in [3.8, 4) is 0 Å². The first-order valence-corrected chi connectivity index (χ1v) is 6.66. The van der Waals surface area contributed by atoms with Gasteiger partial charge in [-0.1, -0.05) is 24.3 Å². The van der Waals surface area contributed by atoms with Gasteiger partial charge < -0.3 is 0 Å². The summed E-state index contributed by atoms with van der Waals surface area (Å²) in [5.74, 6) is 1.40. The molecule has 92 valence electrons. The number of pyridine rings is 2. The predicted octanol–water partition coefficient (Wildman–Crippen LogP) is 3.59. The lowest BCUT2D eigenvalue weighted by Crippen LogP contribution is -1.96. The van der Waals surface area contributed by atoms with Crippen molar-refractivity contribution in [2.75, 3.05) is 0 Å². The van der Waals surface area contributed by atoms with Crippen LogP contribution in [-0.2, 0) is 0 Å². The Hall–Kier alpha value is -2.22. The van der Waals surface area contributed by atoms with E-state index in [1.54, 1.807) is 0 Å². The van der Waals surface area contributed by atoms with Crippen LogP contribution in [0.3, 0.4) is 0 Å². The van der Waals surface area contributed by atoms with Crippen LogP contribution in [0.15, 0.2) is 61.2 Å². The monoisotopic (exact) mass is 246 g/mol. The summed E-state index contributed by atoms with van der Waals surface area (Å²) in [6.45, 7) is 0. The fraction of sp³-hybridized carbons (Fsp3) is 0.176. The van der Waals surface area contributed by atoms with Crippen molar-refractivity contribution < 1.29 is 0 Å². The Morgan fingerprint density at radius 3 is 2.37 bits per heavy atom. The number of rotatable bonds is 2. The van der Waals surface area contributed by atoms with Crippen LogP contribution in [0.4, 0.5) is 0 Å². The molecule has 1 saturated carbocycles. The van der Waals surface area contributed by atoms with Crippen molar-refractivity contribution in [3.63, 3.8) is 0 Å². The average Bonchev–Trinajstić information content (AvgIpc) is 3.27. The molecule has 2 heteroatoms. The number of nitrogens with zero attached hydrogens (tertiary/aromatic N) is 2. The molecule has 2 aromatic heterocycles. The molecule has 2 aromatic rings. The first kappa shape index (κ1) is 10.7. The molecular weight excluding hydrogens is 232 g/mol. The lowest BCUT2D eigenvalue weighted by Gasteiger charge is -2.13. The Kier molecular flexibility index (Phi) is 2.34. The van der Waals surface area contributed by atoms with Gasteiger partial charge in [-0.15, -0.1) is 0 Å². The summed E-state index contributed by atoms with van der Waals surface area (Å²) in [4.78, 5) is 8.45. The van der Waals surface area contributed by atoms with Gasteiger partial charge in [0.2, 0.25) is 0 Å². The number of hydrogen-bond donors (Lipinski definition) is 0. The summed E-state index contributed by atoms with van der Waals surface area (Å²) in [6, 6.07) is 8.28. The summed E-state index contributed by atoms with van der Waals surface area (Å²) >= 11 is 0. The van der Waals surface area contributed by atoms with Gasteiger partial charge >= 0.3 is 0 Å². The molecule has 2 aliphatic carbocycles. The molecule has 0 amide bonds. The molecule has 4 rings (SSSR count). The third kappa shape index (κ3) is 1.89. The maximum atomic E-state index is 4.24. The molecule has 19 heavy (non-hydrogen) atoms. The van der Waals surface area contributed by atoms with E-state index >= 15 is 0 Å². The molecule has 0 saturated heterocycles. The van der Waals surface area contributed by atoms with E-state index in [4.69, 9.17) is 0 Å². The molecule has 0 aliphatic heterocycles. The highest BCUT2D eigenvalue weighted by molar-refractivity contribution is 5.88. The largest absolute Gasteiger partial charge is 0.264 e. The Balaban J connectivity index is 1.77. The van der Waals surface area contributed by atoms with Gasteiger partial charge in [0.1, 0.15) is 0 Å². The molecule has 0 aromatic carbocycles. The van der Waals surface area contributed by atoms with Crippen LogP contribution in [-0.4, -0.2) is 9.97 Å². The Bertz CT molecular complexity index is 656. The van der Waals surface area contributed by atoms with Gasteiger partial charge in [-0.05, 0) is 52.7 Å². The van der Waals surface area contributed by atoms with Crippen molar-refractivity contribution in [1.82, 2.24) is 9.97 Å². The van der Waals surface area contributed by atoms with Gasteiger partial charge in [-0.25, -0.2) is 0 Å². The summed E-state index contributed by atoms with van der Waals surface area (Å²) in [7, 11) is 0. The zero-order valence-electron chi connectivity index (χ0n) is 10.5. The number of fused-ring (bicyclic) bond motifs is 1. The molecule has 0 spiro atoms. The van der Waals surface area contributed by atoms with Gasteiger partial charge in [0.25, 0.3) is 0 Å². The second-order valence-corrected chi connectivity index (χ2v) is 5.21. The molecule has 2 unspecified atom stereocenters. The van der Waals surface area contributed by atoms with Crippen LogP contribution < -0.4 is 0 Å². The fourth-order valence-corrected chi connectivity index (χ4v) is 2.85. The maximum absolute atomic E-state index is 4.24. The van der Waals surface area contributed by atoms with E-state index in [9.17, 15) is 0 Å². The lowest BCUT2D eigenvalue weighted by molar-refractivity contribution is 1.000. The Labute approximate surface area is 112 Å². The average molecular weight is 246 g/mol. The second kappa shape index (κ2) is 4.16. The number of allylic oxidation sites excluding steroid dienone is 4. The van der Waals surface area contributed by atoms with Crippen LogP contribution in [0, 0.1) is 11.8 Å². The quantitative estimate of drug-likeness (QED) is 0.809. The lowest BCUT2D eigenvalue weighted by atomic mass is 9.92. The SMILES string of the molecule is C1=C(c2cccnc2)C=C(c2cccnc2)C2CC12. The van der Waals surface area contributed by atoms with Crippen LogP contribution in [0.5, 0.6) is 0 Å². The summed E-state index contributed by atoms with van der Waals surface area (Å²) < 4.78 is 0. The normalized spacial score (nSPS) is 24.2. The predicted molar refractivity (Wildman–Crippen MR) is 76.0 cm³/mol. The van der Waals surface area contributed by atoms with Crippen molar-refractivity contribution in [3.05, 3.63) is 72.3 Å². The zero-order valence-corrected chi connectivity index (χ0v) is 10.5. The van der Waals surface area contributed by atoms with Gasteiger partial charge in [0, 0.05) is 24.8 Å². The van der Waals surface area contributed by atoms with Crippen LogP contribution in [0.25, 0.3) is 11.1 Å². The van der Waals surface area contributed by atoms with Crippen molar-refractivity contribution in [2.45, 2.75) is 6.42 Å². The van der Waals surface area contributed by atoms with E-state index in [1.165, 1.54) is 28.7 Å². The highest BCUT2D eigenvalue weighted by atomic mass is 14.6. The molecule has 0 N–H and O–H groups in total. The highest BCUT2D eigenvalue weighted by Gasteiger charge is 2.41. The minimum Gasteiger partial charge on any atom is -0.264 e. The van der Waals surface area contributed by atoms with Gasteiger partial charge in [0.15, 0.2) is 0 Å². The van der Waals surface area contributed by atoms with E-state index < -0.39 is 0 Å². The number of aromatic nitrogens is 2. The molecular formula is C17H14N2. The van der Waals surface area contributed by atoms with Crippen LogP contribution >= 0.6 is 0 Å². The van der Waals surface area contributed by atoms with Crippen molar-refractivity contribution in [2.24, 2.45) is 11.8 Å². The van der Waals surface area contributed by atoms with Crippen molar-refractivity contribution in [1.29, 1.82) is 0 Å². The van der Waals surface area contributed by atoms with E-state index in [-0.39, 0.29) is 0 Å². The van der Waals surface area contributed by atoms with E-state index in [1.807, 2.05) is 36.9 Å². The smallest absolute Gasteiger partial charge is 0.0346 e. The third-order valence-corrected chi connectivity index (χ3v) is 3.93. The van der Waals surface area contributed by atoms with Crippen LogP contribution in [0.2, 0.25) is 0 Å². The molecule has 0 bridgehead atoms. The molecule has 2 heterocycles. The van der Waals surface area contributed by atoms with Gasteiger partial charge in [-0.3, -0.25) is 9.97 Å². The number of hydrogen-bond acceptors (Lipinski definition) is 2. The topological polar surface area (TPSA) is 25.8 Å². The Morgan fingerprint density at radius 1 is 0.947 bits per heavy atom. The molecule has 2 nitrogen and oxygen atoms in total. The second-order valence-electron chi connectivity index (χ2n) is 5.21. The first-order valence-electron chi connectivity index (χ1n) is 6.66. The molecule has 2 aliphatic rings.